The Bertz CT molecular complexity index is 697. The summed E-state index contributed by atoms with van der Waals surface area (Å²) in [5.41, 5.74) is 1.84. The van der Waals surface area contributed by atoms with Gasteiger partial charge in [-0.15, -0.1) is 11.8 Å². The maximum Gasteiger partial charge on any atom is 0.246 e. The molecule has 1 fully saturated rings. The number of rotatable bonds is 4. The van der Waals surface area contributed by atoms with Crippen molar-refractivity contribution in [1.29, 1.82) is 0 Å². The van der Waals surface area contributed by atoms with Crippen molar-refractivity contribution in [2.24, 2.45) is 0 Å². The summed E-state index contributed by atoms with van der Waals surface area (Å²) in [4.78, 5) is 29.6. The van der Waals surface area contributed by atoms with Gasteiger partial charge in [0.25, 0.3) is 0 Å². The second kappa shape index (κ2) is 5.77. The second-order valence-corrected chi connectivity index (χ2v) is 5.74. The molecule has 1 saturated heterocycles. The Morgan fingerprint density at radius 2 is 2.24 bits per heavy atom. The molecule has 0 spiro atoms. The fourth-order valence-electron chi connectivity index (χ4n) is 2.37. The van der Waals surface area contributed by atoms with E-state index >= 15 is 0 Å². The SMILES string of the molecule is CCn1c(NC(=O)CN2CSCC2=O)nc2ccccc21. The number of amides is 2. The normalized spacial score (nSPS) is 14.9. The number of anilines is 1. The zero-order valence-corrected chi connectivity index (χ0v) is 12.5. The summed E-state index contributed by atoms with van der Waals surface area (Å²) in [6.07, 6.45) is 0. The van der Waals surface area contributed by atoms with Crippen LogP contribution in [0.15, 0.2) is 24.3 Å². The van der Waals surface area contributed by atoms with Crippen LogP contribution in [0.4, 0.5) is 5.95 Å². The zero-order chi connectivity index (χ0) is 14.8. The van der Waals surface area contributed by atoms with Crippen molar-refractivity contribution in [2.45, 2.75) is 13.5 Å². The average Bonchev–Trinajstić information content (AvgIpc) is 3.02. The summed E-state index contributed by atoms with van der Waals surface area (Å²) >= 11 is 1.53. The molecular formula is C14H16N4O2S. The maximum absolute atomic E-state index is 12.1. The third kappa shape index (κ3) is 2.73. The molecule has 1 aliphatic heterocycles. The van der Waals surface area contributed by atoms with Crippen LogP contribution in [0.25, 0.3) is 11.0 Å². The molecule has 0 radical (unpaired) electrons. The number of nitrogens with zero attached hydrogens (tertiary/aromatic N) is 3. The third-order valence-corrected chi connectivity index (χ3v) is 4.33. The van der Waals surface area contributed by atoms with E-state index in [1.807, 2.05) is 35.8 Å². The lowest BCUT2D eigenvalue weighted by Gasteiger charge is -2.14. The van der Waals surface area contributed by atoms with Gasteiger partial charge in [-0.1, -0.05) is 12.1 Å². The highest BCUT2D eigenvalue weighted by Gasteiger charge is 2.23. The zero-order valence-electron chi connectivity index (χ0n) is 11.7. The Balaban J connectivity index is 1.78. The monoisotopic (exact) mass is 304 g/mol. The highest BCUT2D eigenvalue weighted by atomic mass is 32.2. The Morgan fingerprint density at radius 1 is 1.43 bits per heavy atom. The van der Waals surface area contributed by atoms with Gasteiger partial charge >= 0.3 is 0 Å². The number of para-hydroxylation sites is 2. The molecule has 6 nitrogen and oxygen atoms in total. The van der Waals surface area contributed by atoms with E-state index in [0.717, 1.165) is 11.0 Å². The van der Waals surface area contributed by atoms with Crippen molar-refractivity contribution < 1.29 is 9.59 Å². The van der Waals surface area contributed by atoms with Crippen molar-refractivity contribution in [3.05, 3.63) is 24.3 Å². The summed E-state index contributed by atoms with van der Waals surface area (Å²) in [6.45, 7) is 2.80. The van der Waals surface area contributed by atoms with Crippen molar-refractivity contribution in [3.8, 4) is 0 Å². The minimum atomic E-state index is -0.212. The Labute approximate surface area is 126 Å². The molecule has 110 valence electrons. The highest BCUT2D eigenvalue weighted by Crippen LogP contribution is 2.19. The Kier molecular flexibility index (Phi) is 3.83. The number of thioether (sulfide) groups is 1. The molecule has 1 aromatic heterocycles. The van der Waals surface area contributed by atoms with E-state index in [1.54, 1.807) is 4.90 Å². The molecule has 0 saturated carbocycles. The fourth-order valence-corrected chi connectivity index (χ4v) is 3.27. The first-order chi connectivity index (χ1) is 10.2. The van der Waals surface area contributed by atoms with Crippen LogP contribution in [0.5, 0.6) is 0 Å². The standard InChI is InChI=1S/C14H16N4O2S/c1-2-18-11-6-4-3-5-10(11)15-14(18)16-12(19)7-17-9-21-8-13(17)20/h3-6H,2,7-9H2,1H3,(H,15,16,19). The Hall–Kier alpha value is -2.02. The minimum Gasteiger partial charge on any atom is -0.323 e. The number of aromatic nitrogens is 2. The topological polar surface area (TPSA) is 67.2 Å². The summed E-state index contributed by atoms with van der Waals surface area (Å²) in [7, 11) is 0. The van der Waals surface area contributed by atoms with Gasteiger partial charge in [0.1, 0.15) is 6.54 Å². The molecule has 0 aliphatic carbocycles. The molecule has 0 bridgehead atoms. The minimum absolute atomic E-state index is 0.0131. The van der Waals surface area contributed by atoms with Gasteiger partial charge < -0.3 is 9.47 Å². The smallest absolute Gasteiger partial charge is 0.246 e. The highest BCUT2D eigenvalue weighted by molar-refractivity contribution is 8.00. The van der Waals surface area contributed by atoms with E-state index in [9.17, 15) is 9.59 Å². The van der Waals surface area contributed by atoms with E-state index in [0.29, 0.717) is 24.1 Å². The van der Waals surface area contributed by atoms with Crippen molar-refractivity contribution in [1.82, 2.24) is 14.5 Å². The van der Waals surface area contributed by atoms with Crippen LogP contribution >= 0.6 is 11.8 Å². The average molecular weight is 304 g/mol. The van der Waals surface area contributed by atoms with Gasteiger partial charge in [-0.25, -0.2) is 4.98 Å². The van der Waals surface area contributed by atoms with Crippen LogP contribution in [-0.4, -0.2) is 44.4 Å². The number of imidazole rings is 1. The van der Waals surface area contributed by atoms with Crippen LogP contribution in [0.3, 0.4) is 0 Å². The summed E-state index contributed by atoms with van der Waals surface area (Å²) in [6, 6.07) is 7.75. The number of fused-ring (bicyclic) bond motifs is 1. The number of nitrogens with one attached hydrogen (secondary N) is 1. The van der Waals surface area contributed by atoms with Gasteiger partial charge in [0, 0.05) is 6.54 Å². The Morgan fingerprint density at radius 3 is 2.95 bits per heavy atom. The molecule has 3 rings (SSSR count). The van der Waals surface area contributed by atoms with E-state index in [4.69, 9.17) is 0 Å². The van der Waals surface area contributed by atoms with Gasteiger partial charge in [-0.05, 0) is 19.1 Å². The molecule has 0 unspecified atom stereocenters. The number of carbonyl (C=O) groups is 2. The lowest BCUT2D eigenvalue weighted by Crippen LogP contribution is -2.35. The van der Waals surface area contributed by atoms with Gasteiger partial charge in [-0.2, -0.15) is 0 Å². The van der Waals surface area contributed by atoms with E-state index in [2.05, 4.69) is 10.3 Å². The van der Waals surface area contributed by atoms with Crippen LogP contribution in [-0.2, 0) is 16.1 Å². The van der Waals surface area contributed by atoms with E-state index in [1.165, 1.54) is 11.8 Å². The number of benzene rings is 1. The first-order valence-electron chi connectivity index (χ1n) is 6.79. The molecule has 1 N–H and O–H groups in total. The first-order valence-corrected chi connectivity index (χ1v) is 7.95. The number of aryl methyl sites for hydroxylation is 1. The number of carbonyl (C=O) groups excluding carboxylic acids is 2. The molecule has 7 heteroatoms. The first kappa shape index (κ1) is 13.9. The lowest BCUT2D eigenvalue weighted by molar-refractivity contribution is -0.130. The summed E-state index contributed by atoms with van der Waals surface area (Å²) < 4.78 is 1.95. The molecule has 1 aliphatic rings. The third-order valence-electron chi connectivity index (χ3n) is 3.38. The van der Waals surface area contributed by atoms with Crippen LogP contribution in [0.2, 0.25) is 0 Å². The largest absolute Gasteiger partial charge is 0.323 e. The molecule has 2 heterocycles. The lowest BCUT2D eigenvalue weighted by atomic mass is 10.3. The quantitative estimate of drug-likeness (QED) is 0.930. The molecule has 1 aromatic carbocycles. The molecule has 2 aromatic rings. The van der Waals surface area contributed by atoms with Crippen molar-refractivity contribution in [2.75, 3.05) is 23.5 Å². The van der Waals surface area contributed by atoms with Gasteiger partial charge in [-0.3, -0.25) is 14.9 Å². The molecule has 0 atom stereocenters. The summed E-state index contributed by atoms with van der Waals surface area (Å²) in [5.74, 6) is 1.37. The van der Waals surface area contributed by atoms with Gasteiger partial charge in [0.05, 0.1) is 22.7 Å². The van der Waals surface area contributed by atoms with E-state index < -0.39 is 0 Å². The second-order valence-electron chi connectivity index (χ2n) is 4.79. The van der Waals surface area contributed by atoms with Gasteiger partial charge in [0.2, 0.25) is 17.8 Å². The van der Waals surface area contributed by atoms with Crippen LogP contribution in [0, 0.1) is 0 Å². The van der Waals surface area contributed by atoms with Crippen LogP contribution in [0.1, 0.15) is 6.92 Å². The van der Waals surface area contributed by atoms with Gasteiger partial charge in [0.15, 0.2) is 0 Å². The van der Waals surface area contributed by atoms with E-state index in [-0.39, 0.29) is 18.4 Å². The van der Waals surface area contributed by atoms with Crippen LogP contribution < -0.4 is 5.32 Å². The fraction of sp³-hybridized carbons (Fsp3) is 0.357. The predicted molar refractivity (Wildman–Crippen MR) is 83.1 cm³/mol. The number of hydrogen-bond acceptors (Lipinski definition) is 4. The predicted octanol–water partition coefficient (Wildman–Crippen LogP) is 1.53. The molecular weight excluding hydrogens is 288 g/mol. The number of hydrogen-bond donors (Lipinski definition) is 1. The molecule has 21 heavy (non-hydrogen) atoms. The van der Waals surface area contributed by atoms with Crippen molar-refractivity contribution >= 4 is 40.6 Å². The molecule has 2 amide bonds. The maximum atomic E-state index is 12.1. The summed E-state index contributed by atoms with van der Waals surface area (Å²) in [5, 5.41) is 2.81. The van der Waals surface area contributed by atoms with Crippen molar-refractivity contribution in [3.63, 3.8) is 0 Å².